The number of amides is 1. The normalized spacial score (nSPS) is 10.6. The Kier molecular flexibility index (Phi) is 4.75. The first-order chi connectivity index (χ1) is 11.6. The van der Waals surface area contributed by atoms with Gasteiger partial charge in [0, 0.05) is 17.8 Å². The Balaban J connectivity index is 1.65. The molecule has 1 amide bonds. The molecule has 4 nitrogen and oxygen atoms in total. The topological polar surface area (TPSA) is 57.8 Å². The van der Waals surface area contributed by atoms with Crippen LogP contribution in [0.1, 0.15) is 27.3 Å². The number of aryl methyl sites for hydroxylation is 2. The zero-order valence-electron chi connectivity index (χ0n) is 14.0. The predicted molar refractivity (Wildman–Crippen MR) is 96.0 cm³/mol. The Labute approximate surface area is 141 Å². The van der Waals surface area contributed by atoms with Gasteiger partial charge in [-0.25, -0.2) is 0 Å². The van der Waals surface area contributed by atoms with Crippen LogP contribution in [0.25, 0.3) is 11.1 Å². The van der Waals surface area contributed by atoms with Crippen LogP contribution in [0.4, 0.5) is 0 Å². The quantitative estimate of drug-likeness (QED) is 0.754. The lowest BCUT2D eigenvalue weighted by Gasteiger charge is -2.08. The minimum atomic E-state index is -0.0495. The van der Waals surface area contributed by atoms with Gasteiger partial charge in [-0.05, 0) is 49.1 Å². The van der Waals surface area contributed by atoms with Gasteiger partial charge in [0.2, 0.25) is 0 Å². The number of carbonyl (C=O) groups excluding carboxylic acids is 1. The van der Waals surface area contributed by atoms with E-state index in [0.29, 0.717) is 12.1 Å². The largest absolute Gasteiger partial charge is 0.352 e. The van der Waals surface area contributed by atoms with E-state index in [0.717, 1.165) is 28.9 Å². The highest BCUT2D eigenvalue weighted by atomic mass is 16.1. The number of carbonyl (C=O) groups is 1. The summed E-state index contributed by atoms with van der Waals surface area (Å²) in [4.78, 5) is 12.4. The van der Waals surface area contributed by atoms with Crippen LogP contribution in [0.2, 0.25) is 0 Å². The number of nitrogens with one attached hydrogen (secondary N) is 2. The third-order valence-corrected chi connectivity index (χ3v) is 4.17. The molecule has 0 spiro atoms. The van der Waals surface area contributed by atoms with Crippen molar-refractivity contribution < 1.29 is 4.79 Å². The maximum Gasteiger partial charge on any atom is 0.251 e. The summed E-state index contributed by atoms with van der Waals surface area (Å²) in [5.74, 6) is -0.0495. The van der Waals surface area contributed by atoms with Crippen molar-refractivity contribution in [3.63, 3.8) is 0 Å². The molecule has 1 heterocycles. The molecule has 4 heteroatoms. The van der Waals surface area contributed by atoms with Crippen LogP contribution in [0.15, 0.2) is 54.6 Å². The first kappa shape index (κ1) is 16.0. The summed E-state index contributed by atoms with van der Waals surface area (Å²) in [6.45, 7) is 4.57. The lowest BCUT2D eigenvalue weighted by molar-refractivity contribution is 0.0954. The number of rotatable bonds is 5. The van der Waals surface area contributed by atoms with Crippen molar-refractivity contribution in [1.82, 2.24) is 15.5 Å². The SMILES string of the molecule is Cc1n[nH]c(C)c1CCNC(=O)c1cccc(-c2ccccc2)c1. The highest BCUT2D eigenvalue weighted by molar-refractivity contribution is 5.95. The van der Waals surface area contributed by atoms with Gasteiger partial charge in [0.15, 0.2) is 0 Å². The highest BCUT2D eigenvalue weighted by Crippen LogP contribution is 2.20. The second-order valence-corrected chi connectivity index (χ2v) is 5.87. The monoisotopic (exact) mass is 319 g/mol. The summed E-state index contributed by atoms with van der Waals surface area (Å²) in [6.07, 6.45) is 0.776. The molecule has 0 aliphatic carbocycles. The van der Waals surface area contributed by atoms with Crippen LogP contribution in [0.5, 0.6) is 0 Å². The molecule has 0 aliphatic heterocycles. The molecule has 0 saturated carbocycles. The van der Waals surface area contributed by atoms with Crippen molar-refractivity contribution in [2.75, 3.05) is 6.54 Å². The number of benzene rings is 2. The van der Waals surface area contributed by atoms with E-state index in [1.54, 1.807) is 0 Å². The molecular weight excluding hydrogens is 298 g/mol. The molecule has 3 aromatic rings. The fourth-order valence-electron chi connectivity index (χ4n) is 2.82. The standard InChI is InChI=1S/C20H21N3O/c1-14-19(15(2)23-22-14)11-12-21-20(24)18-10-6-9-17(13-18)16-7-4-3-5-8-16/h3-10,13H,11-12H2,1-2H3,(H,21,24)(H,22,23). The Morgan fingerprint density at radius 3 is 2.50 bits per heavy atom. The van der Waals surface area contributed by atoms with Gasteiger partial charge in [-0.15, -0.1) is 0 Å². The molecule has 0 saturated heterocycles. The van der Waals surface area contributed by atoms with Crippen LogP contribution in [-0.4, -0.2) is 22.6 Å². The number of aromatic nitrogens is 2. The van der Waals surface area contributed by atoms with Gasteiger partial charge in [-0.1, -0.05) is 42.5 Å². The zero-order chi connectivity index (χ0) is 16.9. The average Bonchev–Trinajstić information content (AvgIpc) is 2.94. The lowest BCUT2D eigenvalue weighted by Crippen LogP contribution is -2.25. The van der Waals surface area contributed by atoms with Crippen LogP contribution < -0.4 is 5.32 Å². The summed E-state index contributed by atoms with van der Waals surface area (Å²) >= 11 is 0. The smallest absolute Gasteiger partial charge is 0.251 e. The minimum absolute atomic E-state index is 0.0495. The molecule has 2 aromatic carbocycles. The Morgan fingerprint density at radius 1 is 1.04 bits per heavy atom. The van der Waals surface area contributed by atoms with Crippen molar-refractivity contribution in [2.24, 2.45) is 0 Å². The van der Waals surface area contributed by atoms with E-state index in [4.69, 9.17) is 0 Å². The fourth-order valence-corrected chi connectivity index (χ4v) is 2.82. The third-order valence-electron chi connectivity index (χ3n) is 4.17. The van der Waals surface area contributed by atoms with E-state index < -0.39 is 0 Å². The molecule has 3 rings (SSSR count). The van der Waals surface area contributed by atoms with Gasteiger partial charge in [0.05, 0.1) is 5.69 Å². The van der Waals surface area contributed by atoms with Crippen molar-refractivity contribution in [3.8, 4) is 11.1 Å². The van der Waals surface area contributed by atoms with Crippen molar-refractivity contribution >= 4 is 5.91 Å². The second-order valence-electron chi connectivity index (χ2n) is 5.87. The van der Waals surface area contributed by atoms with Crippen LogP contribution in [-0.2, 0) is 6.42 Å². The number of H-pyrrole nitrogens is 1. The summed E-state index contributed by atoms with van der Waals surface area (Å²) in [6, 6.07) is 17.8. The predicted octanol–water partition coefficient (Wildman–Crippen LogP) is 3.67. The Hall–Kier alpha value is -2.88. The number of nitrogens with zero attached hydrogens (tertiary/aromatic N) is 1. The zero-order valence-corrected chi connectivity index (χ0v) is 14.0. The van der Waals surface area contributed by atoms with E-state index >= 15 is 0 Å². The minimum Gasteiger partial charge on any atom is -0.352 e. The molecule has 0 bridgehead atoms. The summed E-state index contributed by atoms with van der Waals surface area (Å²) in [5.41, 5.74) is 6.06. The molecule has 2 N–H and O–H groups in total. The van der Waals surface area contributed by atoms with Crippen LogP contribution in [0.3, 0.4) is 0 Å². The van der Waals surface area contributed by atoms with Crippen molar-refractivity contribution in [3.05, 3.63) is 77.1 Å². The lowest BCUT2D eigenvalue weighted by atomic mass is 10.0. The van der Waals surface area contributed by atoms with Gasteiger partial charge in [0.25, 0.3) is 5.91 Å². The molecule has 0 atom stereocenters. The van der Waals surface area contributed by atoms with E-state index in [2.05, 4.69) is 15.5 Å². The van der Waals surface area contributed by atoms with E-state index in [1.807, 2.05) is 68.4 Å². The first-order valence-electron chi connectivity index (χ1n) is 8.09. The Morgan fingerprint density at radius 2 is 1.79 bits per heavy atom. The van der Waals surface area contributed by atoms with Gasteiger partial charge in [-0.2, -0.15) is 5.10 Å². The molecule has 0 radical (unpaired) electrons. The van der Waals surface area contributed by atoms with Crippen molar-refractivity contribution in [1.29, 1.82) is 0 Å². The van der Waals surface area contributed by atoms with Gasteiger partial charge < -0.3 is 5.32 Å². The first-order valence-corrected chi connectivity index (χ1v) is 8.09. The molecule has 122 valence electrons. The number of aromatic amines is 1. The van der Waals surface area contributed by atoms with E-state index in [9.17, 15) is 4.79 Å². The third kappa shape index (κ3) is 3.54. The van der Waals surface area contributed by atoms with Crippen LogP contribution >= 0.6 is 0 Å². The van der Waals surface area contributed by atoms with Gasteiger partial charge >= 0.3 is 0 Å². The summed E-state index contributed by atoms with van der Waals surface area (Å²) in [7, 11) is 0. The van der Waals surface area contributed by atoms with Gasteiger partial charge in [-0.3, -0.25) is 9.89 Å². The maximum atomic E-state index is 12.4. The highest BCUT2D eigenvalue weighted by Gasteiger charge is 2.09. The van der Waals surface area contributed by atoms with Gasteiger partial charge in [0.1, 0.15) is 0 Å². The second kappa shape index (κ2) is 7.13. The molecule has 0 fully saturated rings. The number of hydrogen-bond acceptors (Lipinski definition) is 2. The molecule has 0 aliphatic rings. The molecule has 24 heavy (non-hydrogen) atoms. The van der Waals surface area contributed by atoms with E-state index in [-0.39, 0.29) is 5.91 Å². The van der Waals surface area contributed by atoms with Crippen LogP contribution in [0, 0.1) is 13.8 Å². The Bertz CT molecular complexity index is 818. The molecule has 1 aromatic heterocycles. The maximum absolute atomic E-state index is 12.4. The molecule has 0 unspecified atom stereocenters. The van der Waals surface area contributed by atoms with E-state index in [1.165, 1.54) is 5.56 Å². The van der Waals surface area contributed by atoms with Crippen molar-refractivity contribution in [2.45, 2.75) is 20.3 Å². The molecular formula is C20H21N3O. The summed E-state index contributed by atoms with van der Waals surface area (Å²) < 4.78 is 0. The average molecular weight is 319 g/mol. The fraction of sp³-hybridized carbons (Fsp3) is 0.200. The number of hydrogen-bond donors (Lipinski definition) is 2. The summed E-state index contributed by atoms with van der Waals surface area (Å²) in [5, 5.41) is 10.1.